The first-order valence-corrected chi connectivity index (χ1v) is 11.3. The number of pyridine rings is 1. The third kappa shape index (κ3) is 7.59. The van der Waals surface area contributed by atoms with Crippen LogP contribution >= 0.6 is 11.6 Å². The Balaban J connectivity index is 1.70. The van der Waals surface area contributed by atoms with Gasteiger partial charge in [-0.2, -0.15) is 0 Å². The highest BCUT2D eigenvalue weighted by Gasteiger charge is 2.27. The smallest absolute Gasteiger partial charge is 0.228 e. The molecule has 1 aromatic heterocycles. The summed E-state index contributed by atoms with van der Waals surface area (Å²) in [5, 5.41) is 3.32. The SMILES string of the molecule is CCCN(CCC)C(=O)CCCC(=O)N1CCC(C(=O)Nc2ccc(Cl)cn2)CC1. The zero-order valence-electron chi connectivity index (χ0n) is 18.0. The van der Waals surface area contributed by atoms with E-state index >= 15 is 0 Å². The molecule has 0 bridgehead atoms. The van der Waals surface area contributed by atoms with Crippen molar-refractivity contribution in [3.05, 3.63) is 23.4 Å². The molecule has 2 heterocycles. The Hall–Kier alpha value is -2.15. The summed E-state index contributed by atoms with van der Waals surface area (Å²) in [6.07, 6.45) is 6.01. The molecule has 2 rings (SSSR count). The van der Waals surface area contributed by atoms with Crippen LogP contribution in [0.4, 0.5) is 5.82 Å². The molecule has 30 heavy (non-hydrogen) atoms. The molecule has 8 heteroatoms. The van der Waals surface area contributed by atoms with Gasteiger partial charge >= 0.3 is 0 Å². The van der Waals surface area contributed by atoms with Gasteiger partial charge in [-0.05, 0) is 44.2 Å². The Morgan fingerprint density at radius 1 is 1.13 bits per heavy atom. The van der Waals surface area contributed by atoms with E-state index in [1.165, 1.54) is 6.20 Å². The Labute approximate surface area is 184 Å². The highest BCUT2D eigenvalue weighted by Crippen LogP contribution is 2.20. The molecular formula is C22H33ClN4O3. The van der Waals surface area contributed by atoms with E-state index in [0.29, 0.717) is 56.0 Å². The van der Waals surface area contributed by atoms with Gasteiger partial charge in [0, 0.05) is 51.1 Å². The molecule has 0 saturated carbocycles. The molecule has 1 aliphatic rings. The van der Waals surface area contributed by atoms with Gasteiger partial charge in [0.05, 0.1) is 5.02 Å². The zero-order valence-corrected chi connectivity index (χ0v) is 18.8. The zero-order chi connectivity index (χ0) is 21.9. The number of amides is 3. The van der Waals surface area contributed by atoms with E-state index in [1.807, 2.05) is 9.80 Å². The number of hydrogen-bond donors (Lipinski definition) is 1. The molecule has 0 aliphatic carbocycles. The average molecular weight is 437 g/mol. The van der Waals surface area contributed by atoms with E-state index in [-0.39, 0.29) is 23.6 Å². The van der Waals surface area contributed by atoms with Crippen LogP contribution in [0, 0.1) is 5.92 Å². The molecule has 1 N–H and O–H groups in total. The number of aromatic nitrogens is 1. The van der Waals surface area contributed by atoms with Crippen molar-refractivity contribution in [3.8, 4) is 0 Å². The molecule has 0 atom stereocenters. The maximum absolute atomic E-state index is 12.5. The molecule has 7 nitrogen and oxygen atoms in total. The van der Waals surface area contributed by atoms with Crippen LogP contribution in [0.3, 0.4) is 0 Å². The first-order chi connectivity index (χ1) is 14.4. The van der Waals surface area contributed by atoms with Crippen molar-refractivity contribution in [3.63, 3.8) is 0 Å². The van der Waals surface area contributed by atoms with Gasteiger partial charge in [-0.3, -0.25) is 14.4 Å². The number of likely N-dealkylation sites (tertiary alicyclic amines) is 1. The average Bonchev–Trinajstić information content (AvgIpc) is 2.75. The highest BCUT2D eigenvalue weighted by molar-refractivity contribution is 6.30. The van der Waals surface area contributed by atoms with Crippen molar-refractivity contribution in [2.45, 2.75) is 58.8 Å². The van der Waals surface area contributed by atoms with Crippen molar-refractivity contribution < 1.29 is 14.4 Å². The van der Waals surface area contributed by atoms with Crippen molar-refractivity contribution in [2.24, 2.45) is 5.92 Å². The van der Waals surface area contributed by atoms with Crippen LogP contribution in [0.2, 0.25) is 5.02 Å². The minimum atomic E-state index is -0.134. The molecule has 0 spiro atoms. The van der Waals surface area contributed by atoms with Crippen LogP contribution < -0.4 is 5.32 Å². The normalized spacial score (nSPS) is 14.4. The summed E-state index contributed by atoms with van der Waals surface area (Å²) in [5.41, 5.74) is 0. The predicted octanol–water partition coefficient (Wildman–Crippen LogP) is 3.73. The van der Waals surface area contributed by atoms with Crippen molar-refractivity contribution in [1.82, 2.24) is 14.8 Å². The molecule has 1 aromatic rings. The Kier molecular flexibility index (Phi) is 10.1. The molecule has 0 unspecified atom stereocenters. The Morgan fingerprint density at radius 3 is 2.37 bits per heavy atom. The third-order valence-electron chi connectivity index (χ3n) is 5.32. The number of rotatable bonds is 10. The lowest BCUT2D eigenvalue weighted by Crippen LogP contribution is -2.41. The van der Waals surface area contributed by atoms with Crippen LogP contribution in [-0.4, -0.2) is 58.7 Å². The van der Waals surface area contributed by atoms with Crippen molar-refractivity contribution >= 4 is 35.1 Å². The number of hydrogen-bond acceptors (Lipinski definition) is 4. The fraction of sp³-hybridized carbons (Fsp3) is 0.636. The summed E-state index contributed by atoms with van der Waals surface area (Å²) in [5.74, 6) is 0.475. The lowest BCUT2D eigenvalue weighted by molar-refractivity contribution is -0.135. The van der Waals surface area contributed by atoms with Crippen molar-refractivity contribution in [1.29, 1.82) is 0 Å². The maximum Gasteiger partial charge on any atom is 0.228 e. The number of nitrogens with zero attached hydrogens (tertiary/aromatic N) is 3. The number of halogens is 1. The first-order valence-electron chi connectivity index (χ1n) is 10.9. The van der Waals surface area contributed by atoms with E-state index < -0.39 is 0 Å². The standard InChI is InChI=1S/C22H33ClN4O3/c1-3-12-26(13-4-2)20(28)6-5-7-21(29)27-14-10-17(11-15-27)22(30)25-19-9-8-18(23)16-24-19/h8-9,16-17H,3-7,10-15H2,1-2H3,(H,24,25,30). The minimum absolute atomic E-state index is 0.0681. The van der Waals surface area contributed by atoms with Gasteiger partial charge < -0.3 is 15.1 Å². The third-order valence-corrected chi connectivity index (χ3v) is 5.54. The number of nitrogens with one attached hydrogen (secondary N) is 1. The topological polar surface area (TPSA) is 82.6 Å². The number of anilines is 1. The molecular weight excluding hydrogens is 404 g/mol. The lowest BCUT2D eigenvalue weighted by Gasteiger charge is -2.31. The highest BCUT2D eigenvalue weighted by atomic mass is 35.5. The van der Waals surface area contributed by atoms with Gasteiger partial charge in [-0.25, -0.2) is 4.98 Å². The van der Waals surface area contributed by atoms with Crippen molar-refractivity contribution in [2.75, 3.05) is 31.5 Å². The number of carbonyl (C=O) groups excluding carboxylic acids is 3. The van der Waals surface area contributed by atoms with Crippen LogP contribution in [0.15, 0.2) is 18.3 Å². The summed E-state index contributed by atoms with van der Waals surface area (Å²) in [6, 6.07) is 3.35. The van der Waals surface area contributed by atoms with Gasteiger partial charge in [0.15, 0.2) is 0 Å². The summed E-state index contributed by atoms with van der Waals surface area (Å²) >= 11 is 5.81. The molecule has 1 saturated heterocycles. The number of carbonyl (C=O) groups is 3. The summed E-state index contributed by atoms with van der Waals surface area (Å²) < 4.78 is 0. The number of piperidine rings is 1. The molecule has 1 aliphatic heterocycles. The second-order valence-corrected chi connectivity index (χ2v) is 8.18. The van der Waals surface area contributed by atoms with Crippen LogP contribution in [0.25, 0.3) is 0 Å². The van der Waals surface area contributed by atoms with E-state index in [1.54, 1.807) is 12.1 Å². The molecule has 166 valence electrons. The predicted molar refractivity (Wildman–Crippen MR) is 118 cm³/mol. The van der Waals surface area contributed by atoms with Crippen LogP contribution in [0.5, 0.6) is 0 Å². The van der Waals surface area contributed by atoms with Gasteiger partial charge in [-0.1, -0.05) is 25.4 Å². The second kappa shape index (κ2) is 12.5. The monoisotopic (exact) mass is 436 g/mol. The minimum Gasteiger partial charge on any atom is -0.343 e. The molecule has 0 aromatic carbocycles. The van der Waals surface area contributed by atoms with E-state index in [9.17, 15) is 14.4 Å². The van der Waals surface area contributed by atoms with E-state index in [4.69, 9.17) is 11.6 Å². The molecule has 1 fully saturated rings. The molecule has 3 amide bonds. The Morgan fingerprint density at radius 2 is 1.80 bits per heavy atom. The summed E-state index contributed by atoms with van der Waals surface area (Å²) in [4.78, 5) is 45.0. The van der Waals surface area contributed by atoms with Crippen LogP contribution in [-0.2, 0) is 14.4 Å². The maximum atomic E-state index is 12.5. The largest absolute Gasteiger partial charge is 0.343 e. The quantitative estimate of drug-likeness (QED) is 0.605. The first kappa shape index (κ1) is 24.1. The summed E-state index contributed by atoms with van der Waals surface area (Å²) in [6.45, 7) is 6.82. The molecule has 0 radical (unpaired) electrons. The van der Waals surface area contributed by atoms with Gasteiger partial charge in [0.2, 0.25) is 17.7 Å². The van der Waals surface area contributed by atoms with E-state index in [2.05, 4.69) is 24.1 Å². The van der Waals surface area contributed by atoms with Gasteiger partial charge in [0.1, 0.15) is 5.82 Å². The van der Waals surface area contributed by atoms with Crippen LogP contribution in [0.1, 0.15) is 58.8 Å². The van der Waals surface area contributed by atoms with Gasteiger partial charge in [0.25, 0.3) is 0 Å². The van der Waals surface area contributed by atoms with Gasteiger partial charge in [-0.15, -0.1) is 0 Å². The fourth-order valence-electron chi connectivity index (χ4n) is 3.68. The second-order valence-electron chi connectivity index (χ2n) is 7.74. The summed E-state index contributed by atoms with van der Waals surface area (Å²) in [7, 11) is 0. The lowest BCUT2D eigenvalue weighted by atomic mass is 9.95. The Bertz CT molecular complexity index is 697. The fourth-order valence-corrected chi connectivity index (χ4v) is 3.79. The van der Waals surface area contributed by atoms with E-state index in [0.717, 1.165) is 25.9 Å².